The van der Waals surface area contributed by atoms with Gasteiger partial charge in [0, 0.05) is 6.20 Å². The van der Waals surface area contributed by atoms with E-state index in [-0.39, 0.29) is 18.2 Å². The molecule has 0 radical (unpaired) electrons. The molecule has 2 aromatic rings. The number of ether oxygens (including phenoxy) is 2. The standard InChI is InChI=1S/C22H32N5O7P/c1-4-14(5-2)10-32-21(30)13(3)26-35(31)33-11-17-19(28)20(29)22(12-23,34-17)18-7-6-16-15(24)8-9-25-27(16)18/h6-9,13-14,17,19-20,28-29,35H,4-5,10-11,24H2,1-3H3,(H,26,31)/t13-,17+,19+,20+,22-/m0/s1. The molecule has 0 amide bonds. The number of hydrogen-bond acceptors (Lipinski definition) is 10. The van der Waals surface area contributed by atoms with Crippen LogP contribution >= 0.6 is 8.18 Å². The number of nitrogens with two attached hydrogens (primary N) is 1. The fourth-order valence-electron chi connectivity index (χ4n) is 3.92. The van der Waals surface area contributed by atoms with Crippen LogP contribution in [0.1, 0.15) is 39.3 Å². The number of fused-ring (bicyclic) bond motifs is 1. The highest BCUT2D eigenvalue weighted by Gasteiger charge is 2.57. The van der Waals surface area contributed by atoms with E-state index in [2.05, 4.69) is 10.2 Å². The quantitative estimate of drug-likeness (QED) is 0.252. The summed E-state index contributed by atoms with van der Waals surface area (Å²) in [6.07, 6.45) is -1.13. The summed E-state index contributed by atoms with van der Waals surface area (Å²) in [5, 5.41) is 37.9. The minimum atomic E-state index is -2.94. The van der Waals surface area contributed by atoms with Crippen molar-refractivity contribution in [2.75, 3.05) is 18.9 Å². The number of aliphatic hydroxyl groups is 2. The van der Waals surface area contributed by atoms with E-state index in [1.165, 1.54) is 23.7 Å². The molecular formula is C22H32N5O7P. The van der Waals surface area contributed by atoms with Crippen molar-refractivity contribution < 1.29 is 33.6 Å². The van der Waals surface area contributed by atoms with Gasteiger partial charge in [-0.05, 0) is 31.0 Å². The fourth-order valence-corrected chi connectivity index (χ4v) is 4.79. The molecule has 1 unspecified atom stereocenters. The summed E-state index contributed by atoms with van der Waals surface area (Å²) in [6.45, 7) is 5.41. The van der Waals surface area contributed by atoms with Gasteiger partial charge in [-0.15, -0.1) is 0 Å². The minimum absolute atomic E-state index is 0.177. The first-order valence-corrected chi connectivity index (χ1v) is 12.8. The van der Waals surface area contributed by atoms with Crippen LogP contribution in [0.25, 0.3) is 5.52 Å². The molecule has 13 heteroatoms. The van der Waals surface area contributed by atoms with Gasteiger partial charge in [0.25, 0.3) is 8.18 Å². The Hall–Kier alpha value is -2.52. The molecule has 3 heterocycles. The van der Waals surface area contributed by atoms with Gasteiger partial charge in [0.05, 0.1) is 30.1 Å². The van der Waals surface area contributed by atoms with Crippen LogP contribution in [0, 0.1) is 17.2 Å². The van der Waals surface area contributed by atoms with Gasteiger partial charge in [0.2, 0.25) is 5.60 Å². The lowest BCUT2D eigenvalue weighted by molar-refractivity contribution is -0.146. The van der Waals surface area contributed by atoms with Gasteiger partial charge in [-0.2, -0.15) is 10.4 Å². The first-order valence-electron chi connectivity index (χ1n) is 11.5. The van der Waals surface area contributed by atoms with E-state index < -0.39 is 50.7 Å². The Labute approximate surface area is 203 Å². The lowest BCUT2D eigenvalue weighted by atomic mass is 9.92. The summed E-state index contributed by atoms with van der Waals surface area (Å²) >= 11 is 0. The van der Waals surface area contributed by atoms with E-state index in [0.29, 0.717) is 11.2 Å². The predicted octanol–water partition coefficient (Wildman–Crippen LogP) is 1.12. The number of rotatable bonds is 11. The van der Waals surface area contributed by atoms with Gasteiger partial charge in [0.1, 0.15) is 30.4 Å². The average molecular weight is 510 g/mol. The number of carbonyl (C=O) groups excluding carboxylic acids is 1. The van der Waals surface area contributed by atoms with E-state index in [9.17, 15) is 24.8 Å². The van der Waals surface area contributed by atoms with Crippen molar-refractivity contribution in [3.8, 4) is 6.07 Å². The molecular weight excluding hydrogens is 477 g/mol. The molecule has 6 atom stereocenters. The largest absolute Gasteiger partial charge is 0.464 e. The zero-order valence-electron chi connectivity index (χ0n) is 19.9. The van der Waals surface area contributed by atoms with Crippen LogP contribution in [0.2, 0.25) is 0 Å². The van der Waals surface area contributed by atoms with Crippen molar-refractivity contribution in [2.24, 2.45) is 5.92 Å². The molecule has 0 bridgehead atoms. The minimum Gasteiger partial charge on any atom is -0.464 e. The summed E-state index contributed by atoms with van der Waals surface area (Å²) < 4.78 is 30.0. The van der Waals surface area contributed by atoms with Crippen molar-refractivity contribution in [2.45, 2.75) is 63.6 Å². The molecule has 0 aliphatic carbocycles. The number of esters is 1. The Bertz CT molecular complexity index is 1100. The highest BCUT2D eigenvalue weighted by atomic mass is 31.1. The molecule has 12 nitrogen and oxygen atoms in total. The fraction of sp³-hybridized carbons (Fsp3) is 0.591. The van der Waals surface area contributed by atoms with Gasteiger partial charge >= 0.3 is 5.97 Å². The number of aromatic nitrogens is 2. The molecule has 1 aliphatic heterocycles. The number of nitriles is 1. The monoisotopic (exact) mass is 509 g/mol. The highest BCUT2D eigenvalue weighted by molar-refractivity contribution is 7.36. The summed E-state index contributed by atoms with van der Waals surface area (Å²) in [5.41, 5.74) is 5.07. The predicted molar refractivity (Wildman–Crippen MR) is 126 cm³/mol. The first kappa shape index (κ1) is 27.1. The Morgan fingerprint density at radius 1 is 1.40 bits per heavy atom. The molecule has 0 spiro atoms. The van der Waals surface area contributed by atoms with Crippen LogP contribution in [-0.4, -0.2) is 63.4 Å². The average Bonchev–Trinajstić information content (AvgIpc) is 3.39. The number of nitrogens with zero attached hydrogens (tertiary/aromatic N) is 3. The summed E-state index contributed by atoms with van der Waals surface area (Å²) in [4.78, 5) is 12.1. The van der Waals surface area contributed by atoms with Crippen LogP contribution in [0.5, 0.6) is 0 Å². The summed E-state index contributed by atoms with van der Waals surface area (Å²) in [6, 6.07) is 5.79. The second-order valence-electron chi connectivity index (χ2n) is 8.52. The number of anilines is 1. The van der Waals surface area contributed by atoms with E-state index in [4.69, 9.17) is 19.7 Å². The van der Waals surface area contributed by atoms with Crippen LogP contribution in [0.3, 0.4) is 0 Å². The van der Waals surface area contributed by atoms with Crippen LogP contribution in [-0.2, 0) is 29.0 Å². The van der Waals surface area contributed by atoms with Gasteiger partial charge < -0.3 is 29.9 Å². The zero-order valence-corrected chi connectivity index (χ0v) is 20.9. The smallest absolute Gasteiger partial charge is 0.323 e. The third-order valence-corrected chi connectivity index (χ3v) is 7.37. The van der Waals surface area contributed by atoms with Crippen molar-refractivity contribution in [1.29, 1.82) is 5.26 Å². The number of nitrogens with one attached hydrogen (secondary N) is 1. The van der Waals surface area contributed by atoms with Gasteiger partial charge in [-0.3, -0.25) is 9.36 Å². The summed E-state index contributed by atoms with van der Waals surface area (Å²) in [7, 11) is -2.94. The molecule has 35 heavy (non-hydrogen) atoms. The molecule has 192 valence electrons. The molecule has 0 aromatic carbocycles. The normalized spacial score (nSPS) is 26.0. The van der Waals surface area contributed by atoms with E-state index >= 15 is 0 Å². The summed E-state index contributed by atoms with van der Waals surface area (Å²) in [5.74, 6) is -0.293. The number of aliphatic hydroxyl groups excluding tert-OH is 2. The Kier molecular flexibility index (Phi) is 8.88. The van der Waals surface area contributed by atoms with E-state index in [1.54, 1.807) is 12.1 Å². The molecule has 0 saturated carbocycles. The van der Waals surface area contributed by atoms with Crippen LogP contribution in [0.15, 0.2) is 24.4 Å². The van der Waals surface area contributed by atoms with Gasteiger partial charge in [-0.1, -0.05) is 26.7 Å². The van der Waals surface area contributed by atoms with E-state index in [0.717, 1.165) is 12.8 Å². The SMILES string of the molecule is CCC(CC)COC(=O)[C@H](C)N[PH](=O)OC[C@H]1O[C@@](C#N)(c2ccc3c(N)ccnn23)[C@H](O)[C@@H]1O. The van der Waals surface area contributed by atoms with Crippen molar-refractivity contribution >= 4 is 25.4 Å². The van der Waals surface area contributed by atoms with Crippen molar-refractivity contribution in [3.63, 3.8) is 0 Å². The molecule has 1 aliphatic rings. The maximum Gasteiger partial charge on any atom is 0.323 e. The second-order valence-corrected chi connectivity index (χ2v) is 9.67. The third-order valence-electron chi connectivity index (χ3n) is 6.27. The topological polar surface area (TPSA) is 181 Å². The lowest BCUT2D eigenvalue weighted by Gasteiger charge is -2.24. The van der Waals surface area contributed by atoms with Gasteiger partial charge in [-0.25, -0.2) is 9.60 Å². The Morgan fingerprint density at radius 2 is 2.11 bits per heavy atom. The lowest BCUT2D eigenvalue weighted by Crippen LogP contribution is -2.41. The Balaban J connectivity index is 1.62. The van der Waals surface area contributed by atoms with Crippen LogP contribution in [0.4, 0.5) is 5.69 Å². The van der Waals surface area contributed by atoms with Crippen molar-refractivity contribution in [1.82, 2.24) is 14.7 Å². The maximum atomic E-state index is 12.4. The first-order chi connectivity index (χ1) is 16.7. The van der Waals surface area contributed by atoms with Gasteiger partial charge in [0.15, 0.2) is 0 Å². The number of carbonyl (C=O) groups is 1. The maximum absolute atomic E-state index is 12.4. The molecule has 5 N–H and O–H groups in total. The molecule has 1 fully saturated rings. The second kappa shape index (κ2) is 11.5. The van der Waals surface area contributed by atoms with E-state index in [1.807, 2.05) is 19.9 Å². The van der Waals surface area contributed by atoms with Crippen LogP contribution < -0.4 is 10.8 Å². The molecule has 2 aromatic heterocycles. The van der Waals surface area contributed by atoms with Crippen molar-refractivity contribution in [3.05, 3.63) is 30.1 Å². The molecule has 3 rings (SSSR count). The third kappa shape index (κ3) is 5.51. The number of nitrogen functional groups attached to an aromatic ring is 1. The molecule has 1 saturated heterocycles. The number of hydrogen-bond donors (Lipinski definition) is 4. The zero-order chi connectivity index (χ0) is 25.8. The highest BCUT2D eigenvalue weighted by Crippen LogP contribution is 2.41. The Morgan fingerprint density at radius 3 is 2.77 bits per heavy atom.